The summed E-state index contributed by atoms with van der Waals surface area (Å²) in [6.07, 6.45) is 12.5. The van der Waals surface area contributed by atoms with Gasteiger partial charge < -0.3 is 14.4 Å². The lowest BCUT2D eigenvalue weighted by Crippen LogP contribution is -2.36. The Morgan fingerprint density at radius 1 is 1.00 bits per heavy atom. The number of carbonyl (C=O) groups excluding carboxylic acids is 2. The lowest BCUT2D eigenvalue weighted by molar-refractivity contribution is -0.134. The van der Waals surface area contributed by atoms with Crippen LogP contribution >= 0.6 is 0 Å². The van der Waals surface area contributed by atoms with E-state index in [1.807, 2.05) is 48.2 Å². The third-order valence-corrected chi connectivity index (χ3v) is 6.06. The maximum Gasteiger partial charge on any atom is 0.330 e. The van der Waals surface area contributed by atoms with Crippen molar-refractivity contribution in [1.82, 2.24) is 0 Å². The zero-order valence-electron chi connectivity index (χ0n) is 20.2. The molecule has 3 rings (SSSR count). The highest BCUT2D eigenvalue weighted by Gasteiger charge is 2.27. The summed E-state index contributed by atoms with van der Waals surface area (Å²) >= 11 is 0. The number of nitrogens with zero attached hydrogens (tertiary/aromatic N) is 1. The molecule has 2 aromatic carbocycles. The molecule has 2 aromatic rings. The van der Waals surface area contributed by atoms with Gasteiger partial charge in [-0.25, -0.2) is 4.79 Å². The highest BCUT2D eigenvalue weighted by Crippen LogP contribution is 2.29. The molecule has 0 aliphatic heterocycles. The van der Waals surface area contributed by atoms with Crippen LogP contribution in [-0.4, -0.2) is 32.2 Å². The lowest BCUT2D eigenvalue weighted by atomic mass is 9.88. The highest BCUT2D eigenvalue weighted by molar-refractivity contribution is 5.95. The number of esters is 1. The molecule has 1 aliphatic carbocycles. The second kappa shape index (κ2) is 13.5. The molecular formula is C29H35NO4. The van der Waals surface area contributed by atoms with E-state index >= 15 is 0 Å². The molecule has 5 nitrogen and oxygen atoms in total. The molecule has 5 heteroatoms. The Balaban J connectivity index is 1.82. The van der Waals surface area contributed by atoms with E-state index < -0.39 is 5.97 Å². The highest BCUT2D eigenvalue weighted by atomic mass is 16.5. The minimum atomic E-state index is -0.407. The number of amides is 1. The van der Waals surface area contributed by atoms with E-state index in [-0.39, 0.29) is 11.8 Å². The molecule has 180 valence electrons. The van der Waals surface area contributed by atoms with E-state index in [1.54, 1.807) is 6.08 Å². The van der Waals surface area contributed by atoms with E-state index in [4.69, 9.17) is 9.47 Å². The van der Waals surface area contributed by atoms with Gasteiger partial charge in [-0.15, -0.1) is 0 Å². The normalized spacial score (nSPS) is 14.5. The molecule has 1 saturated carbocycles. The van der Waals surface area contributed by atoms with Gasteiger partial charge >= 0.3 is 5.97 Å². The summed E-state index contributed by atoms with van der Waals surface area (Å²) in [5.74, 6) is -0.172. The predicted octanol–water partition coefficient (Wildman–Crippen LogP) is 6.04. The SMILES string of the molecule is CCOC/C=C/c1ccc(CN(C(=O)C2CCCCC2)c2cccc(/C=C/C(=O)OC)c2)cc1. The summed E-state index contributed by atoms with van der Waals surface area (Å²) < 4.78 is 10.0. The number of rotatable bonds is 10. The first-order chi connectivity index (χ1) is 16.6. The fourth-order valence-electron chi connectivity index (χ4n) is 4.18. The van der Waals surface area contributed by atoms with Crippen LogP contribution in [0.5, 0.6) is 0 Å². The molecule has 34 heavy (non-hydrogen) atoms. The van der Waals surface area contributed by atoms with Crippen molar-refractivity contribution in [2.75, 3.05) is 25.2 Å². The van der Waals surface area contributed by atoms with Crippen molar-refractivity contribution in [3.63, 3.8) is 0 Å². The number of methoxy groups -OCH3 is 1. The van der Waals surface area contributed by atoms with Gasteiger partial charge in [0.05, 0.1) is 20.3 Å². The number of ether oxygens (including phenoxy) is 2. The standard InChI is InChI=1S/C29H35NO4/c1-3-34-20-8-10-23-14-16-25(17-15-23)22-30(29(32)26-11-5-4-6-12-26)27-13-7-9-24(21-27)18-19-28(31)33-2/h7-10,13-19,21,26H,3-6,11-12,20,22H2,1-2H3/b10-8+,19-18+. The number of hydrogen-bond acceptors (Lipinski definition) is 4. The van der Waals surface area contributed by atoms with Crippen LogP contribution in [0.3, 0.4) is 0 Å². The van der Waals surface area contributed by atoms with Crippen LogP contribution in [0.4, 0.5) is 5.69 Å². The molecule has 0 bridgehead atoms. The van der Waals surface area contributed by atoms with E-state index in [0.717, 1.165) is 48.1 Å². The Morgan fingerprint density at radius 2 is 1.76 bits per heavy atom. The Morgan fingerprint density at radius 3 is 2.47 bits per heavy atom. The zero-order valence-corrected chi connectivity index (χ0v) is 20.2. The Bertz CT molecular complexity index is 987. The summed E-state index contributed by atoms with van der Waals surface area (Å²) in [4.78, 5) is 27.0. The topological polar surface area (TPSA) is 55.8 Å². The summed E-state index contributed by atoms with van der Waals surface area (Å²) in [5, 5.41) is 0. The molecule has 0 atom stereocenters. The monoisotopic (exact) mass is 461 g/mol. The van der Waals surface area contributed by atoms with E-state index in [9.17, 15) is 9.59 Å². The molecular weight excluding hydrogens is 426 g/mol. The third kappa shape index (κ3) is 7.70. The summed E-state index contributed by atoms with van der Waals surface area (Å²) in [6.45, 7) is 3.78. The quantitative estimate of drug-likeness (QED) is 0.246. The molecule has 0 unspecified atom stereocenters. The van der Waals surface area contributed by atoms with E-state index in [0.29, 0.717) is 19.8 Å². The van der Waals surface area contributed by atoms with Gasteiger partial charge in [-0.05, 0) is 54.7 Å². The van der Waals surface area contributed by atoms with Gasteiger partial charge in [-0.2, -0.15) is 0 Å². The summed E-state index contributed by atoms with van der Waals surface area (Å²) in [5.41, 5.74) is 3.85. The first-order valence-electron chi connectivity index (χ1n) is 12.1. The van der Waals surface area contributed by atoms with Gasteiger partial charge in [0.1, 0.15) is 0 Å². The van der Waals surface area contributed by atoms with Gasteiger partial charge in [0, 0.05) is 24.3 Å². The van der Waals surface area contributed by atoms with Crippen LogP contribution in [0.1, 0.15) is 55.7 Å². The molecule has 0 N–H and O–H groups in total. The van der Waals surface area contributed by atoms with E-state index in [1.165, 1.54) is 19.6 Å². The minimum absolute atomic E-state index is 0.0591. The van der Waals surface area contributed by atoms with Gasteiger partial charge in [0.15, 0.2) is 0 Å². The molecule has 0 heterocycles. The van der Waals surface area contributed by atoms with Crippen molar-refractivity contribution in [3.8, 4) is 0 Å². The first-order valence-corrected chi connectivity index (χ1v) is 12.1. The number of carbonyl (C=O) groups is 2. The molecule has 0 aromatic heterocycles. The van der Waals surface area contributed by atoms with Gasteiger partial charge in [-0.1, -0.05) is 67.8 Å². The van der Waals surface area contributed by atoms with Crippen LogP contribution in [0.25, 0.3) is 12.2 Å². The second-order valence-electron chi connectivity index (χ2n) is 8.51. The Hall–Kier alpha value is -3.18. The number of anilines is 1. The van der Waals surface area contributed by atoms with Crippen LogP contribution in [0, 0.1) is 5.92 Å². The van der Waals surface area contributed by atoms with Crippen molar-refractivity contribution in [3.05, 3.63) is 77.4 Å². The molecule has 1 fully saturated rings. The largest absolute Gasteiger partial charge is 0.466 e. The average Bonchev–Trinajstić information content (AvgIpc) is 2.89. The van der Waals surface area contributed by atoms with Crippen molar-refractivity contribution in [2.24, 2.45) is 5.92 Å². The smallest absolute Gasteiger partial charge is 0.330 e. The fraction of sp³-hybridized carbons (Fsp3) is 0.379. The predicted molar refractivity (Wildman–Crippen MR) is 137 cm³/mol. The van der Waals surface area contributed by atoms with Gasteiger partial charge in [0.2, 0.25) is 5.91 Å². The van der Waals surface area contributed by atoms with Crippen LogP contribution in [0.15, 0.2) is 60.7 Å². The van der Waals surface area contributed by atoms with Crippen LogP contribution < -0.4 is 4.90 Å². The summed E-state index contributed by atoms with van der Waals surface area (Å²) in [6, 6.07) is 16.0. The van der Waals surface area contributed by atoms with Gasteiger partial charge in [-0.3, -0.25) is 4.79 Å². The van der Waals surface area contributed by atoms with Crippen molar-refractivity contribution >= 4 is 29.7 Å². The molecule has 1 aliphatic rings. The average molecular weight is 462 g/mol. The van der Waals surface area contributed by atoms with E-state index in [2.05, 4.69) is 24.3 Å². The van der Waals surface area contributed by atoms with Crippen LogP contribution in [-0.2, 0) is 25.6 Å². The minimum Gasteiger partial charge on any atom is -0.466 e. The first kappa shape index (κ1) is 25.4. The summed E-state index contributed by atoms with van der Waals surface area (Å²) in [7, 11) is 1.35. The van der Waals surface area contributed by atoms with Crippen molar-refractivity contribution in [1.29, 1.82) is 0 Å². The number of benzene rings is 2. The second-order valence-corrected chi connectivity index (χ2v) is 8.51. The van der Waals surface area contributed by atoms with Crippen LogP contribution in [0.2, 0.25) is 0 Å². The Labute approximate surface area is 203 Å². The number of hydrogen-bond donors (Lipinski definition) is 0. The van der Waals surface area contributed by atoms with Crippen molar-refractivity contribution < 1.29 is 19.1 Å². The molecule has 0 saturated heterocycles. The maximum absolute atomic E-state index is 13.6. The lowest BCUT2D eigenvalue weighted by Gasteiger charge is -2.30. The molecule has 0 spiro atoms. The fourth-order valence-corrected chi connectivity index (χ4v) is 4.18. The van der Waals surface area contributed by atoms with Gasteiger partial charge in [0.25, 0.3) is 0 Å². The zero-order chi connectivity index (χ0) is 24.2. The van der Waals surface area contributed by atoms with Crippen molar-refractivity contribution in [2.45, 2.75) is 45.6 Å². The molecule has 1 amide bonds. The third-order valence-electron chi connectivity index (χ3n) is 6.06. The molecule has 0 radical (unpaired) electrons. The maximum atomic E-state index is 13.6. The Kier molecular flexibility index (Phi) is 10.1.